The van der Waals surface area contributed by atoms with E-state index in [2.05, 4.69) is 35.8 Å². The van der Waals surface area contributed by atoms with E-state index in [1.165, 1.54) is 42.5 Å². The van der Waals surface area contributed by atoms with Gasteiger partial charge in [0.05, 0.1) is 5.57 Å². The quantitative estimate of drug-likeness (QED) is 0.396. The molecule has 1 N–H and O–H groups in total. The van der Waals surface area contributed by atoms with Gasteiger partial charge in [0.15, 0.2) is 5.84 Å². The van der Waals surface area contributed by atoms with Crippen LogP contribution in [0.1, 0.15) is 64.9 Å². The van der Waals surface area contributed by atoms with E-state index in [9.17, 15) is 4.79 Å². The maximum Gasteiger partial charge on any atom is 0.283 e. The molecule has 1 amide bonds. The third-order valence-corrected chi connectivity index (χ3v) is 6.29. The number of fused-ring (bicyclic) bond motifs is 1. The molecule has 2 aliphatic heterocycles. The molecule has 30 heavy (non-hydrogen) atoms. The second kappa shape index (κ2) is 10.6. The zero-order valence-electron chi connectivity index (χ0n) is 18.1. The van der Waals surface area contributed by atoms with Crippen LogP contribution < -0.4 is 4.90 Å². The molecule has 0 saturated heterocycles. The molecular formula is C23H31N5OS. The van der Waals surface area contributed by atoms with E-state index in [-0.39, 0.29) is 17.3 Å². The molecule has 0 fully saturated rings. The summed E-state index contributed by atoms with van der Waals surface area (Å²) < 4.78 is 0. The first-order valence-corrected chi connectivity index (χ1v) is 11.7. The van der Waals surface area contributed by atoms with E-state index in [0.717, 1.165) is 42.2 Å². The molecule has 2 aliphatic rings. The first kappa shape index (κ1) is 22.3. The number of hydrogen-bond donors (Lipinski definition) is 1. The molecular weight excluding hydrogens is 394 g/mol. The summed E-state index contributed by atoms with van der Waals surface area (Å²) in [6.07, 6.45) is 8.61. The zero-order chi connectivity index (χ0) is 21.5. The molecule has 1 aromatic carbocycles. The van der Waals surface area contributed by atoms with E-state index in [1.807, 2.05) is 24.3 Å². The minimum atomic E-state index is -0.369. The molecule has 0 atom stereocenters. The van der Waals surface area contributed by atoms with Crippen molar-refractivity contribution in [2.75, 3.05) is 18.0 Å². The van der Waals surface area contributed by atoms with Crippen LogP contribution in [0.15, 0.2) is 39.9 Å². The lowest BCUT2D eigenvalue weighted by Gasteiger charge is -2.21. The van der Waals surface area contributed by atoms with Crippen LogP contribution in [0.2, 0.25) is 0 Å². The number of hydrazone groups is 1. The minimum Gasteiger partial charge on any atom is -0.372 e. The fourth-order valence-corrected chi connectivity index (χ4v) is 4.48. The highest BCUT2D eigenvalue weighted by molar-refractivity contribution is 8.26. The molecule has 0 saturated carbocycles. The average Bonchev–Trinajstić information content (AvgIpc) is 3.16. The summed E-state index contributed by atoms with van der Waals surface area (Å²) in [5.74, 6) is -0.266. The van der Waals surface area contributed by atoms with Crippen LogP contribution in [-0.2, 0) is 4.79 Å². The smallest absolute Gasteiger partial charge is 0.283 e. The number of nitrogens with zero attached hydrogens (tertiary/aromatic N) is 4. The van der Waals surface area contributed by atoms with Crippen LogP contribution in [0.25, 0.3) is 6.08 Å². The Morgan fingerprint density at radius 3 is 2.43 bits per heavy atom. The van der Waals surface area contributed by atoms with Crippen LogP contribution in [0.3, 0.4) is 0 Å². The van der Waals surface area contributed by atoms with Gasteiger partial charge in [0.25, 0.3) is 5.91 Å². The molecule has 2 heterocycles. The topological polar surface area (TPSA) is 72.1 Å². The number of carbonyl (C=O) groups excluding carboxylic acids is 1. The Kier molecular flexibility index (Phi) is 7.85. The number of carbonyl (C=O) groups is 1. The van der Waals surface area contributed by atoms with Gasteiger partial charge in [0.2, 0.25) is 5.17 Å². The number of hydrogen-bond acceptors (Lipinski definition) is 5. The van der Waals surface area contributed by atoms with Gasteiger partial charge >= 0.3 is 0 Å². The summed E-state index contributed by atoms with van der Waals surface area (Å²) in [6, 6.07) is 8.05. The molecule has 0 radical (unpaired) electrons. The fourth-order valence-electron chi connectivity index (χ4n) is 3.55. The van der Waals surface area contributed by atoms with Crippen molar-refractivity contribution in [1.82, 2.24) is 5.01 Å². The lowest BCUT2D eigenvalue weighted by Crippen LogP contribution is -2.35. The minimum absolute atomic E-state index is 0.103. The summed E-state index contributed by atoms with van der Waals surface area (Å²) in [7, 11) is 0. The van der Waals surface area contributed by atoms with E-state index < -0.39 is 0 Å². The molecule has 1 aromatic rings. The standard InChI is InChI=1S/C23H31N5OS/c1-4-7-8-9-10-11-20-26-28-21(24)19(22(29)25-23(28)30-20)16-17-12-14-18(15-13-17)27(5-2)6-3/h12-16,24H,4-11H2,1-3H3/b19-16-,24-21?. The SMILES string of the molecule is CCCCCCCC1=NN2C(=N)/C(=C/c3ccc(N(CC)CC)cc3)C(=O)N=C2S1. The van der Waals surface area contributed by atoms with Crippen molar-refractivity contribution in [3.8, 4) is 0 Å². The first-order valence-electron chi connectivity index (χ1n) is 10.9. The molecule has 0 unspecified atom stereocenters. The Labute approximate surface area is 183 Å². The van der Waals surface area contributed by atoms with Crippen molar-refractivity contribution < 1.29 is 4.79 Å². The molecule has 7 heteroatoms. The molecule has 0 bridgehead atoms. The summed E-state index contributed by atoms with van der Waals surface area (Å²) in [4.78, 5) is 19.0. The van der Waals surface area contributed by atoms with Gasteiger partial charge < -0.3 is 4.90 Å². The molecule has 3 rings (SSSR count). The van der Waals surface area contributed by atoms with Crippen molar-refractivity contribution in [1.29, 1.82) is 5.41 Å². The van der Waals surface area contributed by atoms with E-state index in [4.69, 9.17) is 5.41 Å². The van der Waals surface area contributed by atoms with Crippen molar-refractivity contribution in [2.45, 2.75) is 59.3 Å². The van der Waals surface area contributed by atoms with Crippen LogP contribution in [0.5, 0.6) is 0 Å². The lowest BCUT2D eigenvalue weighted by atomic mass is 10.1. The number of anilines is 1. The average molecular weight is 426 g/mol. The number of nitrogens with one attached hydrogen (secondary N) is 1. The number of rotatable bonds is 10. The van der Waals surface area contributed by atoms with Gasteiger partial charge in [0, 0.05) is 18.8 Å². The van der Waals surface area contributed by atoms with Crippen LogP contribution in [-0.4, -0.2) is 40.1 Å². The molecule has 0 spiro atoms. The van der Waals surface area contributed by atoms with Gasteiger partial charge in [0.1, 0.15) is 5.04 Å². The third-order valence-electron chi connectivity index (χ3n) is 5.32. The van der Waals surface area contributed by atoms with E-state index in [0.29, 0.717) is 5.17 Å². The Morgan fingerprint density at radius 1 is 1.07 bits per heavy atom. The maximum atomic E-state index is 12.6. The fraction of sp³-hybridized carbons (Fsp3) is 0.478. The maximum absolute atomic E-state index is 12.6. The lowest BCUT2D eigenvalue weighted by molar-refractivity contribution is -0.114. The summed E-state index contributed by atoms with van der Waals surface area (Å²) >= 11 is 1.42. The van der Waals surface area contributed by atoms with Crippen molar-refractivity contribution in [3.05, 3.63) is 35.4 Å². The van der Waals surface area contributed by atoms with Crippen LogP contribution >= 0.6 is 11.8 Å². The van der Waals surface area contributed by atoms with Crippen LogP contribution in [0.4, 0.5) is 5.69 Å². The normalized spacial score (nSPS) is 17.3. The third kappa shape index (κ3) is 5.19. The molecule has 0 aromatic heterocycles. The van der Waals surface area contributed by atoms with Crippen molar-refractivity contribution in [2.24, 2.45) is 10.1 Å². The van der Waals surface area contributed by atoms with Gasteiger partial charge in [-0.1, -0.05) is 44.7 Å². The Hall–Kier alpha value is -2.41. The van der Waals surface area contributed by atoms with Crippen molar-refractivity contribution >= 4 is 45.5 Å². The molecule has 0 aliphatic carbocycles. The van der Waals surface area contributed by atoms with E-state index >= 15 is 0 Å². The molecule has 6 nitrogen and oxygen atoms in total. The highest BCUT2D eigenvalue weighted by Gasteiger charge is 2.35. The largest absolute Gasteiger partial charge is 0.372 e. The van der Waals surface area contributed by atoms with Gasteiger partial charge in [-0.3, -0.25) is 10.2 Å². The zero-order valence-corrected chi connectivity index (χ0v) is 19.0. The summed E-state index contributed by atoms with van der Waals surface area (Å²) in [5.41, 5.74) is 2.31. The predicted octanol–water partition coefficient (Wildman–Crippen LogP) is 5.51. The first-order chi connectivity index (χ1) is 14.6. The summed E-state index contributed by atoms with van der Waals surface area (Å²) in [5, 5.41) is 16.0. The second-order valence-electron chi connectivity index (χ2n) is 7.44. The second-order valence-corrected chi connectivity index (χ2v) is 8.48. The predicted molar refractivity (Wildman–Crippen MR) is 128 cm³/mol. The van der Waals surface area contributed by atoms with E-state index in [1.54, 1.807) is 6.08 Å². The van der Waals surface area contributed by atoms with Gasteiger partial charge in [-0.15, -0.1) is 0 Å². The number of benzene rings is 1. The van der Waals surface area contributed by atoms with Gasteiger partial charge in [-0.2, -0.15) is 15.1 Å². The Morgan fingerprint density at radius 2 is 1.77 bits per heavy atom. The Bertz CT molecular complexity index is 868. The highest BCUT2D eigenvalue weighted by Crippen LogP contribution is 2.30. The van der Waals surface area contributed by atoms with Gasteiger partial charge in [-0.05, 0) is 62.2 Å². The number of amidine groups is 2. The Balaban J connectivity index is 1.70. The molecule has 160 valence electrons. The number of unbranched alkanes of at least 4 members (excludes halogenated alkanes) is 4. The highest BCUT2D eigenvalue weighted by atomic mass is 32.2. The number of amides is 1. The van der Waals surface area contributed by atoms with Crippen molar-refractivity contribution in [3.63, 3.8) is 0 Å². The number of thioether (sulfide) groups is 1. The van der Waals surface area contributed by atoms with Gasteiger partial charge in [-0.25, -0.2) is 0 Å². The van der Waals surface area contributed by atoms with Crippen LogP contribution in [0, 0.1) is 5.41 Å². The monoisotopic (exact) mass is 425 g/mol. The summed E-state index contributed by atoms with van der Waals surface area (Å²) in [6.45, 7) is 8.36. The number of aliphatic imine (C=N–C) groups is 1.